The quantitative estimate of drug-likeness (QED) is 0.233. The number of aromatic amines is 2. The van der Waals surface area contributed by atoms with Gasteiger partial charge in [-0.05, 0) is 37.1 Å². The maximum Gasteiger partial charge on any atom is 0.165 e. The monoisotopic (exact) mass is 455 g/mol. The van der Waals surface area contributed by atoms with E-state index in [9.17, 15) is 5.11 Å². The lowest BCUT2D eigenvalue weighted by Crippen LogP contribution is -2.02. The molecule has 0 amide bonds. The first-order valence-corrected chi connectivity index (χ1v) is 11.7. The van der Waals surface area contributed by atoms with E-state index >= 15 is 0 Å². The number of aromatic hydroxyl groups is 1. The molecule has 2 aromatic heterocycles. The molecule has 0 radical (unpaired) electrons. The molecule has 0 spiro atoms. The number of aryl methyl sites for hydroxylation is 2. The Kier molecular flexibility index (Phi) is 5.00. The van der Waals surface area contributed by atoms with Crippen LogP contribution in [0.2, 0.25) is 0 Å². The van der Waals surface area contributed by atoms with E-state index in [0.29, 0.717) is 11.2 Å². The highest BCUT2D eigenvalue weighted by Gasteiger charge is 2.20. The SMILES string of the molecule is Cc1c(-c2cc(N=C(c3ccccc3)c3ccccc3)c(O)c3[nH]cc(C)c23)[nH]c2ccccc12. The molecule has 3 N–H and O–H groups in total. The normalized spacial score (nSPS) is 11.3. The Hall–Kier alpha value is -4.57. The first-order chi connectivity index (χ1) is 17.1. The Morgan fingerprint density at radius 3 is 2.09 bits per heavy atom. The smallest absolute Gasteiger partial charge is 0.165 e. The van der Waals surface area contributed by atoms with Crippen LogP contribution in [0.3, 0.4) is 0 Å². The molecule has 0 aliphatic rings. The summed E-state index contributed by atoms with van der Waals surface area (Å²) < 4.78 is 0. The zero-order valence-electron chi connectivity index (χ0n) is 19.6. The van der Waals surface area contributed by atoms with E-state index in [1.54, 1.807) is 0 Å². The first kappa shape index (κ1) is 21.0. The lowest BCUT2D eigenvalue weighted by molar-refractivity contribution is 0.482. The Morgan fingerprint density at radius 2 is 1.43 bits per heavy atom. The summed E-state index contributed by atoms with van der Waals surface area (Å²) in [4.78, 5) is 11.9. The summed E-state index contributed by atoms with van der Waals surface area (Å²) in [5.74, 6) is 0.148. The number of hydrogen-bond acceptors (Lipinski definition) is 2. The molecule has 0 aliphatic heterocycles. The van der Waals surface area contributed by atoms with Crippen LogP contribution < -0.4 is 0 Å². The highest BCUT2D eigenvalue weighted by atomic mass is 16.3. The van der Waals surface area contributed by atoms with Gasteiger partial charge in [-0.2, -0.15) is 0 Å². The summed E-state index contributed by atoms with van der Waals surface area (Å²) in [5, 5.41) is 13.5. The molecule has 0 bridgehead atoms. The topological polar surface area (TPSA) is 64.2 Å². The number of benzene rings is 4. The summed E-state index contributed by atoms with van der Waals surface area (Å²) in [6.07, 6.45) is 1.94. The minimum Gasteiger partial charge on any atom is -0.504 e. The molecule has 170 valence electrons. The molecular formula is C31H25N3O. The second kappa shape index (κ2) is 8.33. The van der Waals surface area contributed by atoms with Crippen molar-refractivity contribution in [1.29, 1.82) is 0 Å². The van der Waals surface area contributed by atoms with E-state index in [-0.39, 0.29) is 5.75 Å². The van der Waals surface area contributed by atoms with Gasteiger partial charge in [0, 0.05) is 39.2 Å². The summed E-state index contributed by atoms with van der Waals surface area (Å²) in [5.41, 5.74) is 9.40. The Labute approximate surface area is 203 Å². The van der Waals surface area contributed by atoms with Crippen molar-refractivity contribution in [3.63, 3.8) is 0 Å². The summed E-state index contributed by atoms with van der Waals surface area (Å²) in [7, 11) is 0. The number of phenols is 1. The number of hydrogen-bond donors (Lipinski definition) is 3. The van der Waals surface area contributed by atoms with Gasteiger partial charge in [0.05, 0.1) is 16.9 Å². The number of para-hydroxylation sites is 1. The number of aromatic nitrogens is 2. The Balaban J connectivity index is 1.65. The van der Waals surface area contributed by atoms with E-state index in [4.69, 9.17) is 4.99 Å². The Bertz CT molecular complexity index is 1670. The van der Waals surface area contributed by atoms with Gasteiger partial charge < -0.3 is 15.1 Å². The number of fused-ring (bicyclic) bond motifs is 2. The minimum atomic E-state index is 0.148. The maximum absolute atomic E-state index is 11.3. The predicted molar refractivity (Wildman–Crippen MR) is 145 cm³/mol. The van der Waals surface area contributed by atoms with Crippen molar-refractivity contribution in [3.8, 4) is 17.0 Å². The van der Waals surface area contributed by atoms with Crippen LogP contribution in [0.5, 0.6) is 5.75 Å². The summed E-state index contributed by atoms with van der Waals surface area (Å²) in [6.45, 7) is 4.19. The fraction of sp³-hybridized carbons (Fsp3) is 0.0645. The van der Waals surface area contributed by atoms with Crippen molar-refractivity contribution in [3.05, 3.63) is 119 Å². The largest absolute Gasteiger partial charge is 0.504 e. The molecule has 0 unspecified atom stereocenters. The van der Waals surface area contributed by atoms with Gasteiger partial charge in [-0.3, -0.25) is 0 Å². The molecule has 6 rings (SSSR count). The van der Waals surface area contributed by atoms with E-state index in [2.05, 4.69) is 42.0 Å². The van der Waals surface area contributed by atoms with Gasteiger partial charge in [0.15, 0.2) is 5.75 Å². The van der Waals surface area contributed by atoms with Crippen LogP contribution in [0.25, 0.3) is 33.1 Å². The van der Waals surface area contributed by atoms with Gasteiger partial charge in [-0.1, -0.05) is 78.9 Å². The molecule has 2 heterocycles. The summed E-state index contributed by atoms with van der Waals surface area (Å²) in [6, 6.07) is 30.5. The van der Waals surface area contributed by atoms with Gasteiger partial charge in [-0.25, -0.2) is 4.99 Å². The van der Waals surface area contributed by atoms with Gasteiger partial charge >= 0.3 is 0 Å². The van der Waals surface area contributed by atoms with Crippen molar-refractivity contribution in [2.75, 3.05) is 0 Å². The lowest BCUT2D eigenvalue weighted by Gasteiger charge is -2.12. The average molecular weight is 456 g/mol. The Morgan fingerprint density at radius 1 is 0.800 bits per heavy atom. The van der Waals surface area contributed by atoms with Crippen LogP contribution in [0.1, 0.15) is 22.3 Å². The zero-order valence-corrected chi connectivity index (χ0v) is 19.6. The van der Waals surface area contributed by atoms with Gasteiger partial charge in [0.25, 0.3) is 0 Å². The van der Waals surface area contributed by atoms with Gasteiger partial charge in [0.1, 0.15) is 5.69 Å². The molecule has 0 saturated heterocycles. The first-order valence-electron chi connectivity index (χ1n) is 11.7. The number of nitrogens with zero attached hydrogens (tertiary/aromatic N) is 1. The fourth-order valence-corrected chi connectivity index (χ4v) is 4.90. The number of nitrogens with one attached hydrogen (secondary N) is 2. The maximum atomic E-state index is 11.3. The van der Waals surface area contributed by atoms with Crippen molar-refractivity contribution >= 4 is 33.2 Å². The number of rotatable bonds is 4. The fourth-order valence-electron chi connectivity index (χ4n) is 4.90. The van der Waals surface area contributed by atoms with Gasteiger partial charge in [0.2, 0.25) is 0 Å². The van der Waals surface area contributed by atoms with E-state index in [1.165, 1.54) is 10.9 Å². The van der Waals surface area contributed by atoms with Crippen LogP contribution in [0.4, 0.5) is 5.69 Å². The molecule has 6 aromatic rings. The summed E-state index contributed by atoms with van der Waals surface area (Å²) >= 11 is 0. The average Bonchev–Trinajstić information content (AvgIpc) is 3.45. The van der Waals surface area contributed by atoms with Crippen molar-refractivity contribution in [2.24, 2.45) is 4.99 Å². The molecule has 0 atom stereocenters. The van der Waals surface area contributed by atoms with Crippen molar-refractivity contribution in [2.45, 2.75) is 13.8 Å². The molecule has 4 heteroatoms. The predicted octanol–water partition coefficient (Wildman–Crippen LogP) is 7.81. The zero-order chi connectivity index (χ0) is 23.9. The molecule has 0 saturated carbocycles. The van der Waals surface area contributed by atoms with Crippen LogP contribution in [0.15, 0.2) is 102 Å². The van der Waals surface area contributed by atoms with Crippen molar-refractivity contribution < 1.29 is 5.11 Å². The van der Waals surface area contributed by atoms with Crippen molar-refractivity contribution in [1.82, 2.24) is 9.97 Å². The second-order valence-electron chi connectivity index (χ2n) is 8.88. The molecule has 35 heavy (non-hydrogen) atoms. The number of aliphatic imine (C=N–C) groups is 1. The minimum absolute atomic E-state index is 0.148. The van der Waals surface area contributed by atoms with Crippen LogP contribution >= 0.6 is 0 Å². The molecule has 0 fully saturated rings. The highest BCUT2D eigenvalue weighted by Crippen LogP contribution is 2.44. The molecule has 4 aromatic carbocycles. The van der Waals surface area contributed by atoms with E-state index < -0.39 is 0 Å². The van der Waals surface area contributed by atoms with E-state index in [1.807, 2.05) is 79.0 Å². The van der Waals surface area contributed by atoms with Crippen LogP contribution in [-0.2, 0) is 0 Å². The molecular weight excluding hydrogens is 430 g/mol. The third kappa shape index (κ3) is 3.51. The molecule has 0 aliphatic carbocycles. The van der Waals surface area contributed by atoms with Crippen LogP contribution in [0, 0.1) is 13.8 Å². The highest BCUT2D eigenvalue weighted by molar-refractivity contribution is 6.15. The molecule has 4 nitrogen and oxygen atoms in total. The van der Waals surface area contributed by atoms with Crippen LogP contribution in [-0.4, -0.2) is 20.8 Å². The standard InChI is InChI=1S/C31H25N3O/c1-19-18-32-30-27(19)24(28-20(2)23-15-9-10-16-25(23)33-28)17-26(31(30)35)34-29(21-11-5-3-6-12-21)22-13-7-4-8-14-22/h3-18,32-33,35H,1-2H3. The lowest BCUT2D eigenvalue weighted by atomic mass is 9.98. The third-order valence-corrected chi connectivity index (χ3v) is 6.67. The number of phenolic OH excluding ortho intramolecular Hbond substituents is 1. The van der Waals surface area contributed by atoms with Gasteiger partial charge in [-0.15, -0.1) is 0 Å². The third-order valence-electron chi connectivity index (χ3n) is 6.67. The number of H-pyrrole nitrogens is 2. The van der Waals surface area contributed by atoms with E-state index in [0.717, 1.165) is 44.6 Å². The second-order valence-corrected chi connectivity index (χ2v) is 8.88.